The Labute approximate surface area is 223 Å². The van der Waals surface area contributed by atoms with E-state index in [1.54, 1.807) is 13.8 Å². The number of benzene rings is 2. The second-order valence-corrected chi connectivity index (χ2v) is 9.58. The molecule has 0 spiro atoms. The largest absolute Gasteiger partial charge is 0.480 e. The number of nitrogens with zero attached hydrogens (tertiary/aromatic N) is 1. The standard InChI is InChI=1S/C24H22Cl2F6N2O4/c1-12(2)7-19(22(37)38)34(21(36)17-11-16(25)4-5-18(17)26)33-20(35)6-3-13-8-14(23(27,28)29)10-15(9-13)24(30,31)32/h4-5,8-12,19H,3,6-7H2,1-2H3,(H,33,35)(H,37,38)/t19-/m0/s1. The molecule has 0 bridgehead atoms. The third-order valence-electron chi connectivity index (χ3n) is 5.20. The maximum Gasteiger partial charge on any atom is 0.416 e. The van der Waals surface area contributed by atoms with Gasteiger partial charge in [0.25, 0.3) is 5.91 Å². The highest BCUT2D eigenvalue weighted by atomic mass is 35.5. The molecule has 0 aliphatic carbocycles. The number of carbonyl (C=O) groups is 3. The third-order valence-corrected chi connectivity index (χ3v) is 5.77. The minimum absolute atomic E-state index is 0.0396. The quantitative estimate of drug-likeness (QED) is 0.268. The van der Waals surface area contributed by atoms with Crippen LogP contribution in [0.5, 0.6) is 0 Å². The molecule has 2 amide bonds. The first kappa shape index (κ1) is 31.2. The number of alkyl halides is 6. The smallest absolute Gasteiger partial charge is 0.416 e. The number of hydrogen-bond donors (Lipinski definition) is 2. The van der Waals surface area contributed by atoms with E-state index in [0.717, 1.165) is 6.07 Å². The summed E-state index contributed by atoms with van der Waals surface area (Å²) in [6, 6.07) is 3.15. The molecule has 0 aromatic heterocycles. The number of hydrazine groups is 1. The van der Waals surface area contributed by atoms with Gasteiger partial charge < -0.3 is 5.11 Å². The lowest BCUT2D eigenvalue weighted by Gasteiger charge is -2.30. The minimum atomic E-state index is -5.07. The van der Waals surface area contributed by atoms with E-state index in [9.17, 15) is 45.8 Å². The number of aryl methyl sites for hydroxylation is 1. The Hall–Kier alpha value is -2.99. The molecule has 0 saturated heterocycles. The second kappa shape index (κ2) is 12.2. The number of nitrogens with one attached hydrogen (secondary N) is 1. The monoisotopic (exact) mass is 586 g/mol. The predicted molar refractivity (Wildman–Crippen MR) is 126 cm³/mol. The number of carbonyl (C=O) groups excluding carboxylic acids is 2. The first-order chi connectivity index (χ1) is 17.4. The van der Waals surface area contributed by atoms with Crippen molar-refractivity contribution in [3.8, 4) is 0 Å². The Bertz CT molecular complexity index is 1170. The van der Waals surface area contributed by atoms with Gasteiger partial charge in [-0.2, -0.15) is 26.3 Å². The van der Waals surface area contributed by atoms with E-state index in [1.165, 1.54) is 12.1 Å². The molecular formula is C24H22Cl2F6N2O4. The fraction of sp³-hybridized carbons (Fsp3) is 0.375. The summed E-state index contributed by atoms with van der Waals surface area (Å²) < 4.78 is 78.7. The van der Waals surface area contributed by atoms with Gasteiger partial charge in [0.05, 0.1) is 21.7 Å². The highest BCUT2D eigenvalue weighted by molar-refractivity contribution is 6.35. The van der Waals surface area contributed by atoms with Crippen LogP contribution in [-0.4, -0.2) is 33.9 Å². The fourth-order valence-corrected chi connectivity index (χ4v) is 3.81. The van der Waals surface area contributed by atoms with Crippen LogP contribution in [0.25, 0.3) is 0 Å². The van der Waals surface area contributed by atoms with Gasteiger partial charge in [-0.25, -0.2) is 9.80 Å². The summed E-state index contributed by atoms with van der Waals surface area (Å²) in [5.74, 6) is -3.79. The van der Waals surface area contributed by atoms with Crippen LogP contribution in [0.4, 0.5) is 26.3 Å². The van der Waals surface area contributed by atoms with Crippen molar-refractivity contribution in [1.82, 2.24) is 10.4 Å². The molecule has 2 aromatic rings. The maximum atomic E-state index is 13.2. The predicted octanol–water partition coefficient (Wildman–Crippen LogP) is 6.64. The van der Waals surface area contributed by atoms with Crippen LogP contribution in [0.2, 0.25) is 10.0 Å². The molecule has 38 heavy (non-hydrogen) atoms. The summed E-state index contributed by atoms with van der Waals surface area (Å²) >= 11 is 12.0. The number of rotatable bonds is 8. The average Bonchev–Trinajstić information content (AvgIpc) is 2.79. The Morgan fingerprint density at radius 3 is 1.97 bits per heavy atom. The Morgan fingerprint density at radius 1 is 0.947 bits per heavy atom. The molecule has 2 aromatic carbocycles. The summed E-state index contributed by atoms with van der Waals surface area (Å²) in [4.78, 5) is 37.9. The van der Waals surface area contributed by atoms with E-state index < -0.39 is 65.7 Å². The van der Waals surface area contributed by atoms with Gasteiger partial charge in [-0.3, -0.25) is 15.0 Å². The number of amides is 2. The molecule has 0 aliphatic heterocycles. The Balaban J connectivity index is 2.36. The number of carboxylic acid groups (broad SMARTS) is 1. The molecule has 0 aliphatic rings. The molecule has 208 valence electrons. The van der Waals surface area contributed by atoms with Gasteiger partial charge in [-0.15, -0.1) is 0 Å². The van der Waals surface area contributed by atoms with Crippen molar-refractivity contribution in [3.63, 3.8) is 0 Å². The highest BCUT2D eigenvalue weighted by Crippen LogP contribution is 2.36. The third kappa shape index (κ3) is 8.52. The van der Waals surface area contributed by atoms with Crippen LogP contribution in [0, 0.1) is 5.92 Å². The van der Waals surface area contributed by atoms with Gasteiger partial charge in [0.15, 0.2) is 6.04 Å². The molecule has 1 atom stereocenters. The number of hydrogen-bond acceptors (Lipinski definition) is 3. The van der Waals surface area contributed by atoms with Crippen molar-refractivity contribution in [2.45, 2.75) is 51.5 Å². The van der Waals surface area contributed by atoms with Crippen molar-refractivity contribution in [1.29, 1.82) is 0 Å². The second-order valence-electron chi connectivity index (χ2n) is 8.73. The van der Waals surface area contributed by atoms with E-state index in [4.69, 9.17) is 23.2 Å². The van der Waals surface area contributed by atoms with Crippen LogP contribution in [0.15, 0.2) is 36.4 Å². The van der Waals surface area contributed by atoms with E-state index in [0.29, 0.717) is 17.1 Å². The fourth-order valence-electron chi connectivity index (χ4n) is 3.44. The van der Waals surface area contributed by atoms with Gasteiger partial charge in [0.1, 0.15) is 0 Å². The van der Waals surface area contributed by atoms with Crippen LogP contribution in [0.1, 0.15) is 53.7 Å². The summed E-state index contributed by atoms with van der Waals surface area (Å²) in [6.45, 7) is 3.33. The van der Waals surface area contributed by atoms with Crippen LogP contribution >= 0.6 is 23.2 Å². The zero-order valence-electron chi connectivity index (χ0n) is 19.9. The number of halogens is 8. The molecule has 0 fully saturated rings. The van der Waals surface area contributed by atoms with Crippen molar-refractivity contribution >= 4 is 41.0 Å². The normalized spacial score (nSPS) is 12.8. The number of aliphatic carboxylic acids is 1. The van der Waals surface area contributed by atoms with Gasteiger partial charge in [-0.1, -0.05) is 37.0 Å². The lowest BCUT2D eigenvalue weighted by molar-refractivity contribution is -0.146. The Kier molecular flexibility index (Phi) is 10.1. The number of carboxylic acids is 1. The molecule has 0 radical (unpaired) electrons. The molecule has 6 nitrogen and oxygen atoms in total. The average molecular weight is 587 g/mol. The molecule has 14 heteroatoms. The van der Waals surface area contributed by atoms with E-state index in [2.05, 4.69) is 5.43 Å². The molecule has 0 unspecified atom stereocenters. The van der Waals surface area contributed by atoms with Gasteiger partial charge in [0.2, 0.25) is 5.91 Å². The van der Waals surface area contributed by atoms with Crippen molar-refractivity contribution in [3.05, 3.63) is 68.7 Å². The van der Waals surface area contributed by atoms with E-state index in [1.807, 2.05) is 0 Å². The lowest BCUT2D eigenvalue weighted by Crippen LogP contribution is -2.55. The van der Waals surface area contributed by atoms with Crippen molar-refractivity contribution in [2.24, 2.45) is 5.92 Å². The summed E-state index contributed by atoms with van der Waals surface area (Å²) in [5, 5.41) is 10.2. The highest BCUT2D eigenvalue weighted by Gasteiger charge is 2.37. The van der Waals surface area contributed by atoms with Crippen LogP contribution < -0.4 is 5.43 Å². The summed E-state index contributed by atoms with van der Waals surface area (Å²) in [7, 11) is 0. The van der Waals surface area contributed by atoms with Crippen molar-refractivity contribution < 1.29 is 45.8 Å². The summed E-state index contributed by atoms with van der Waals surface area (Å²) in [6.07, 6.45) is -11.5. The lowest BCUT2D eigenvalue weighted by atomic mass is 10.0. The van der Waals surface area contributed by atoms with Crippen molar-refractivity contribution in [2.75, 3.05) is 0 Å². The summed E-state index contributed by atoms with van der Waals surface area (Å²) in [5.41, 5.74) is -1.63. The zero-order valence-corrected chi connectivity index (χ0v) is 21.4. The van der Waals surface area contributed by atoms with Gasteiger partial charge in [-0.05, 0) is 60.7 Å². The first-order valence-electron chi connectivity index (χ1n) is 11.0. The SMILES string of the molecule is CC(C)C[C@@H](C(=O)O)N(NC(=O)CCc1cc(C(F)(F)F)cc(C(F)(F)F)c1)C(=O)c1cc(Cl)ccc1Cl. The molecule has 0 heterocycles. The van der Waals surface area contributed by atoms with Gasteiger partial charge in [0, 0.05) is 11.4 Å². The molecular weight excluding hydrogens is 565 g/mol. The minimum Gasteiger partial charge on any atom is -0.480 e. The zero-order chi connectivity index (χ0) is 29.0. The van der Waals surface area contributed by atoms with E-state index >= 15 is 0 Å². The Morgan fingerprint density at radius 2 is 1.50 bits per heavy atom. The van der Waals surface area contributed by atoms with Gasteiger partial charge >= 0.3 is 18.3 Å². The topological polar surface area (TPSA) is 86.7 Å². The van der Waals surface area contributed by atoms with Crippen LogP contribution in [-0.2, 0) is 28.4 Å². The van der Waals surface area contributed by atoms with E-state index in [-0.39, 0.29) is 34.0 Å². The molecule has 2 N–H and O–H groups in total. The van der Waals surface area contributed by atoms with Crippen LogP contribution in [0.3, 0.4) is 0 Å². The molecule has 2 rings (SSSR count). The maximum absolute atomic E-state index is 13.2. The molecule has 0 saturated carbocycles. The first-order valence-corrected chi connectivity index (χ1v) is 11.7.